The third kappa shape index (κ3) is 3.72. The Morgan fingerprint density at radius 2 is 0.938 bits per heavy atom. The van der Waals surface area contributed by atoms with Gasteiger partial charge in [-0.2, -0.15) is 0 Å². The van der Waals surface area contributed by atoms with Crippen LogP contribution in [-0.2, 0) is 0 Å². The molecule has 0 amide bonds. The van der Waals surface area contributed by atoms with Crippen LogP contribution in [0.4, 0.5) is 0 Å². The third-order valence-corrected chi connectivity index (χ3v) is 2.93. The highest BCUT2D eigenvalue weighted by atomic mass is 33.1. The minimum Gasteiger partial charge on any atom is -0.411 e. The fourth-order valence-corrected chi connectivity index (χ4v) is 2.13. The number of hydrogen-bond acceptors (Lipinski definition) is 4. The Morgan fingerprint density at radius 3 is 1.31 bits per heavy atom. The molecule has 0 radical (unpaired) electrons. The molecule has 0 saturated heterocycles. The van der Waals surface area contributed by atoms with Gasteiger partial charge in [-0.05, 0) is 24.3 Å². The Bertz CT molecular complexity index is 364. The van der Waals surface area contributed by atoms with E-state index in [-0.39, 0.29) is 0 Å². The molecule has 0 spiro atoms. The lowest BCUT2D eigenvalue weighted by Gasteiger charge is -2.03. The summed E-state index contributed by atoms with van der Waals surface area (Å²) in [5.74, 6) is 1.63. The van der Waals surface area contributed by atoms with Crippen LogP contribution < -0.4 is 8.37 Å². The molecular formula is C12H10O2S2. The summed E-state index contributed by atoms with van der Waals surface area (Å²) in [6.45, 7) is 0. The molecule has 0 bridgehead atoms. The zero-order valence-corrected chi connectivity index (χ0v) is 10.0. The van der Waals surface area contributed by atoms with E-state index in [1.807, 2.05) is 60.7 Å². The van der Waals surface area contributed by atoms with Gasteiger partial charge in [0.1, 0.15) is 11.5 Å². The van der Waals surface area contributed by atoms with Crippen molar-refractivity contribution >= 4 is 22.1 Å². The number of rotatable bonds is 5. The predicted molar refractivity (Wildman–Crippen MR) is 69.3 cm³/mol. The van der Waals surface area contributed by atoms with Gasteiger partial charge < -0.3 is 8.37 Å². The first-order chi connectivity index (χ1) is 7.95. The van der Waals surface area contributed by atoms with E-state index >= 15 is 0 Å². The quantitative estimate of drug-likeness (QED) is 0.446. The van der Waals surface area contributed by atoms with Gasteiger partial charge in [0.05, 0.1) is 0 Å². The van der Waals surface area contributed by atoms with Crippen LogP contribution >= 0.6 is 22.1 Å². The molecule has 0 atom stereocenters. The molecule has 2 rings (SSSR count). The van der Waals surface area contributed by atoms with Crippen molar-refractivity contribution in [1.29, 1.82) is 0 Å². The van der Waals surface area contributed by atoms with Gasteiger partial charge in [0, 0.05) is 0 Å². The maximum atomic E-state index is 5.38. The van der Waals surface area contributed by atoms with Crippen molar-refractivity contribution in [3.05, 3.63) is 60.7 Å². The summed E-state index contributed by atoms with van der Waals surface area (Å²) in [6, 6.07) is 19.2. The molecule has 0 aliphatic rings. The SMILES string of the molecule is c1ccc(OSSOc2ccccc2)cc1. The van der Waals surface area contributed by atoms with E-state index in [1.165, 1.54) is 22.1 Å². The van der Waals surface area contributed by atoms with Crippen LogP contribution in [-0.4, -0.2) is 0 Å². The lowest BCUT2D eigenvalue weighted by molar-refractivity contribution is 0.638. The van der Waals surface area contributed by atoms with Crippen molar-refractivity contribution in [2.75, 3.05) is 0 Å². The highest BCUT2D eigenvalue weighted by Gasteiger charge is 1.96. The van der Waals surface area contributed by atoms with Gasteiger partial charge in [0.15, 0.2) is 22.1 Å². The maximum Gasteiger partial charge on any atom is 0.169 e. The van der Waals surface area contributed by atoms with Crippen LogP contribution in [0.15, 0.2) is 60.7 Å². The van der Waals surface area contributed by atoms with Crippen molar-refractivity contribution in [1.82, 2.24) is 0 Å². The van der Waals surface area contributed by atoms with E-state index in [0.29, 0.717) is 0 Å². The minimum atomic E-state index is 0.816. The molecular weight excluding hydrogens is 240 g/mol. The van der Waals surface area contributed by atoms with Gasteiger partial charge in [-0.3, -0.25) is 0 Å². The van der Waals surface area contributed by atoms with Gasteiger partial charge in [-0.15, -0.1) is 0 Å². The normalized spacial score (nSPS) is 9.75. The van der Waals surface area contributed by atoms with Crippen molar-refractivity contribution in [3.8, 4) is 11.5 Å². The first-order valence-electron chi connectivity index (χ1n) is 4.73. The second-order valence-electron chi connectivity index (χ2n) is 2.93. The Hall–Kier alpha value is -1.26. The summed E-state index contributed by atoms with van der Waals surface area (Å²) < 4.78 is 10.8. The van der Waals surface area contributed by atoms with Crippen LogP contribution in [0.2, 0.25) is 0 Å². The number of para-hydroxylation sites is 2. The molecule has 16 heavy (non-hydrogen) atoms. The smallest absolute Gasteiger partial charge is 0.169 e. The van der Waals surface area contributed by atoms with E-state index < -0.39 is 0 Å². The second-order valence-corrected chi connectivity index (χ2v) is 4.35. The summed E-state index contributed by atoms with van der Waals surface area (Å²) in [6.07, 6.45) is 0. The molecule has 2 aromatic rings. The van der Waals surface area contributed by atoms with Crippen LogP contribution in [0.25, 0.3) is 0 Å². The monoisotopic (exact) mass is 250 g/mol. The van der Waals surface area contributed by atoms with Crippen LogP contribution in [0.1, 0.15) is 0 Å². The Kier molecular flexibility index (Phi) is 4.46. The van der Waals surface area contributed by atoms with Crippen LogP contribution in [0.5, 0.6) is 11.5 Å². The van der Waals surface area contributed by atoms with Crippen molar-refractivity contribution in [2.45, 2.75) is 0 Å². The van der Waals surface area contributed by atoms with Gasteiger partial charge in [0.25, 0.3) is 0 Å². The Morgan fingerprint density at radius 1 is 0.562 bits per heavy atom. The minimum absolute atomic E-state index is 0.816. The van der Waals surface area contributed by atoms with Crippen molar-refractivity contribution in [3.63, 3.8) is 0 Å². The number of benzene rings is 2. The van der Waals surface area contributed by atoms with Crippen molar-refractivity contribution < 1.29 is 8.37 Å². The Labute approximate surface area is 103 Å². The molecule has 0 aromatic heterocycles. The zero-order valence-electron chi connectivity index (χ0n) is 8.41. The molecule has 0 fully saturated rings. The van der Waals surface area contributed by atoms with Crippen LogP contribution in [0, 0.1) is 0 Å². The van der Waals surface area contributed by atoms with Gasteiger partial charge in [-0.1, -0.05) is 36.4 Å². The Balaban J connectivity index is 1.70. The summed E-state index contributed by atoms with van der Waals surface area (Å²) in [5.41, 5.74) is 0. The molecule has 0 aliphatic carbocycles. The molecule has 0 N–H and O–H groups in total. The van der Waals surface area contributed by atoms with E-state index in [0.717, 1.165) is 11.5 Å². The summed E-state index contributed by atoms with van der Waals surface area (Å²) >= 11 is 2.39. The first kappa shape index (κ1) is 11.2. The van der Waals surface area contributed by atoms with Crippen LogP contribution in [0.3, 0.4) is 0 Å². The fraction of sp³-hybridized carbons (Fsp3) is 0. The molecule has 82 valence electrons. The summed E-state index contributed by atoms with van der Waals surface area (Å²) in [4.78, 5) is 0. The van der Waals surface area contributed by atoms with Gasteiger partial charge >= 0.3 is 0 Å². The van der Waals surface area contributed by atoms with Crippen molar-refractivity contribution in [2.24, 2.45) is 0 Å². The largest absolute Gasteiger partial charge is 0.411 e. The summed E-state index contributed by atoms with van der Waals surface area (Å²) in [7, 11) is 0. The second kappa shape index (κ2) is 6.35. The lowest BCUT2D eigenvalue weighted by Crippen LogP contribution is -1.81. The van der Waals surface area contributed by atoms with Gasteiger partial charge in [0.2, 0.25) is 0 Å². The average Bonchev–Trinajstić information content (AvgIpc) is 2.37. The lowest BCUT2D eigenvalue weighted by atomic mass is 10.3. The van der Waals surface area contributed by atoms with E-state index in [2.05, 4.69) is 0 Å². The molecule has 0 unspecified atom stereocenters. The standard InChI is InChI=1S/C12H10O2S2/c1-3-7-11(8-4-1)13-15-16-14-12-9-5-2-6-10-12/h1-10H. The molecule has 2 aromatic carbocycles. The molecule has 0 saturated carbocycles. The zero-order chi connectivity index (χ0) is 11.1. The molecule has 4 heteroatoms. The summed E-state index contributed by atoms with van der Waals surface area (Å²) in [5, 5.41) is 0. The average molecular weight is 250 g/mol. The first-order valence-corrected chi connectivity index (χ1v) is 6.73. The molecule has 0 heterocycles. The highest BCUT2D eigenvalue weighted by Crippen LogP contribution is 2.28. The maximum absolute atomic E-state index is 5.38. The van der Waals surface area contributed by atoms with Gasteiger partial charge in [-0.25, -0.2) is 0 Å². The van der Waals surface area contributed by atoms with E-state index in [4.69, 9.17) is 8.37 Å². The highest BCUT2D eigenvalue weighted by molar-refractivity contribution is 8.73. The third-order valence-electron chi connectivity index (χ3n) is 1.77. The van der Waals surface area contributed by atoms with E-state index in [9.17, 15) is 0 Å². The number of hydrogen-bond donors (Lipinski definition) is 0. The van der Waals surface area contributed by atoms with E-state index in [1.54, 1.807) is 0 Å². The predicted octanol–water partition coefficient (Wildman–Crippen LogP) is 4.36. The topological polar surface area (TPSA) is 18.5 Å². The molecule has 0 aliphatic heterocycles. The molecule has 2 nitrogen and oxygen atoms in total. The fourth-order valence-electron chi connectivity index (χ4n) is 1.06.